The minimum Gasteiger partial charge on any atom is -0.497 e. The third kappa shape index (κ3) is 4.02. The first-order valence-corrected chi connectivity index (χ1v) is 10.4. The highest BCUT2D eigenvalue weighted by Crippen LogP contribution is 2.38. The number of allylic oxidation sites excluding steroid dienone is 1. The average molecular weight is 451 g/mol. The van der Waals surface area contributed by atoms with Crippen molar-refractivity contribution < 1.29 is 28.5 Å². The van der Waals surface area contributed by atoms with Gasteiger partial charge in [0.1, 0.15) is 29.6 Å². The van der Waals surface area contributed by atoms with Crippen LogP contribution in [0.4, 0.5) is 0 Å². The molecule has 2 aliphatic heterocycles. The first-order chi connectivity index (χ1) is 15.6. The van der Waals surface area contributed by atoms with Crippen LogP contribution in [0.1, 0.15) is 27.0 Å². The van der Waals surface area contributed by atoms with E-state index in [9.17, 15) is 4.79 Å². The Morgan fingerprint density at radius 1 is 1.09 bits per heavy atom. The number of rotatable bonds is 5. The number of methoxy groups -OCH3 is 1. The number of ether oxygens (including phenoxy) is 5. The van der Waals surface area contributed by atoms with E-state index >= 15 is 0 Å². The van der Waals surface area contributed by atoms with E-state index < -0.39 is 0 Å². The number of hydrogen-bond donors (Lipinski definition) is 0. The zero-order chi connectivity index (χ0) is 22.1. The summed E-state index contributed by atoms with van der Waals surface area (Å²) in [7, 11) is 1.62. The predicted molar refractivity (Wildman–Crippen MR) is 118 cm³/mol. The normalized spacial score (nSPS) is 15.6. The van der Waals surface area contributed by atoms with E-state index in [-0.39, 0.29) is 18.3 Å². The summed E-state index contributed by atoms with van der Waals surface area (Å²) < 4.78 is 27.9. The van der Waals surface area contributed by atoms with Gasteiger partial charge in [0.05, 0.1) is 19.3 Å². The van der Waals surface area contributed by atoms with Gasteiger partial charge < -0.3 is 23.7 Å². The summed E-state index contributed by atoms with van der Waals surface area (Å²) in [5.41, 5.74) is 2.94. The first-order valence-electron chi connectivity index (χ1n) is 9.98. The third-order valence-electron chi connectivity index (χ3n) is 5.17. The molecule has 0 saturated heterocycles. The van der Waals surface area contributed by atoms with Crippen molar-refractivity contribution in [3.8, 4) is 23.0 Å². The Bertz CT molecular complexity index is 1230. The first kappa shape index (κ1) is 20.4. The zero-order valence-corrected chi connectivity index (χ0v) is 18.0. The number of fused-ring (bicyclic) bond motifs is 2. The van der Waals surface area contributed by atoms with Gasteiger partial charge in [-0.25, -0.2) is 0 Å². The Labute approximate surface area is 189 Å². The van der Waals surface area contributed by atoms with Crippen LogP contribution >= 0.6 is 11.6 Å². The number of hydrogen-bond acceptors (Lipinski definition) is 6. The SMILES string of the molecule is COc1cccc(COc2ccc3c(c2)OC(=Cc2cc(Cl)cc4c2OCOC4)C3=O)c1. The maximum atomic E-state index is 12.9. The van der Waals surface area contributed by atoms with Crippen molar-refractivity contribution in [2.24, 2.45) is 0 Å². The van der Waals surface area contributed by atoms with Crippen molar-refractivity contribution in [1.82, 2.24) is 0 Å². The van der Waals surface area contributed by atoms with Gasteiger partial charge in [-0.2, -0.15) is 0 Å². The van der Waals surface area contributed by atoms with Crippen LogP contribution in [-0.4, -0.2) is 19.7 Å². The van der Waals surface area contributed by atoms with Gasteiger partial charge in [0.25, 0.3) is 0 Å². The molecule has 32 heavy (non-hydrogen) atoms. The molecule has 0 bridgehead atoms. The number of halogens is 1. The average Bonchev–Trinajstić information content (AvgIpc) is 3.12. The second-order valence-electron chi connectivity index (χ2n) is 7.33. The van der Waals surface area contributed by atoms with Crippen LogP contribution in [0.3, 0.4) is 0 Å². The quantitative estimate of drug-likeness (QED) is 0.484. The Balaban J connectivity index is 1.37. The van der Waals surface area contributed by atoms with Crippen LogP contribution in [0.5, 0.6) is 23.0 Å². The van der Waals surface area contributed by atoms with E-state index in [1.165, 1.54) is 0 Å². The standard InChI is InChI=1S/C25H19ClO6/c1-28-19-4-2-3-15(7-19)12-30-20-5-6-21-22(11-20)32-23(24(21)27)10-16-8-18(26)9-17-13-29-14-31-25(16)17/h2-11H,12-14H2,1H3. The fourth-order valence-electron chi connectivity index (χ4n) is 3.64. The molecule has 0 N–H and O–H groups in total. The Morgan fingerprint density at radius 3 is 2.88 bits per heavy atom. The summed E-state index contributed by atoms with van der Waals surface area (Å²) in [6.07, 6.45) is 1.65. The Hall–Kier alpha value is -3.48. The van der Waals surface area contributed by atoms with Gasteiger partial charge in [-0.05, 0) is 48.0 Å². The van der Waals surface area contributed by atoms with E-state index in [1.54, 1.807) is 43.5 Å². The highest BCUT2D eigenvalue weighted by Gasteiger charge is 2.28. The molecule has 6 nitrogen and oxygen atoms in total. The molecule has 2 aliphatic rings. The molecule has 0 unspecified atom stereocenters. The van der Waals surface area contributed by atoms with Crippen molar-refractivity contribution >= 4 is 23.5 Å². The number of ketones is 1. The molecule has 0 atom stereocenters. The molecule has 5 rings (SSSR count). The number of benzene rings is 3. The van der Waals surface area contributed by atoms with Crippen LogP contribution in [0.15, 0.2) is 60.4 Å². The van der Waals surface area contributed by atoms with Crippen molar-refractivity contribution in [1.29, 1.82) is 0 Å². The van der Waals surface area contributed by atoms with Gasteiger partial charge in [0.2, 0.25) is 5.78 Å². The van der Waals surface area contributed by atoms with Gasteiger partial charge in [-0.15, -0.1) is 0 Å². The van der Waals surface area contributed by atoms with E-state index in [4.69, 9.17) is 35.3 Å². The molecule has 0 fully saturated rings. The van der Waals surface area contributed by atoms with Gasteiger partial charge in [0.15, 0.2) is 12.6 Å². The minimum atomic E-state index is -0.208. The van der Waals surface area contributed by atoms with Gasteiger partial charge in [-0.3, -0.25) is 4.79 Å². The van der Waals surface area contributed by atoms with E-state index in [1.807, 2.05) is 24.3 Å². The van der Waals surface area contributed by atoms with Gasteiger partial charge in [-0.1, -0.05) is 23.7 Å². The summed E-state index contributed by atoms with van der Waals surface area (Å²) in [6.45, 7) is 0.906. The van der Waals surface area contributed by atoms with Crippen LogP contribution in [0.25, 0.3) is 6.08 Å². The molecule has 2 heterocycles. The van der Waals surface area contributed by atoms with Gasteiger partial charge >= 0.3 is 0 Å². The second-order valence-corrected chi connectivity index (χ2v) is 7.77. The molecule has 0 spiro atoms. The molecule has 0 aromatic heterocycles. The summed E-state index contributed by atoms with van der Waals surface area (Å²) >= 11 is 6.23. The molecule has 7 heteroatoms. The lowest BCUT2D eigenvalue weighted by atomic mass is 10.1. The van der Waals surface area contributed by atoms with Gasteiger partial charge in [0, 0.05) is 22.2 Å². The molecular weight excluding hydrogens is 432 g/mol. The maximum Gasteiger partial charge on any atom is 0.231 e. The van der Waals surface area contributed by atoms with E-state index in [2.05, 4.69) is 0 Å². The van der Waals surface area contributed by atoms with Crippen LogP contribution in [0.2, 0.25) is 5.02 Å². The second kappa shape index (κ2) is 8.57. The van der Waals surface area contributed by atoms with Crippen molar-refractivity contribution in [3.05, 3.63) is 87.6 Å². The highest BCUT2D eigenvalue weighted by molar-refractivity contribution is 6.31. The Morgan fingerprint density at radius 2 is 2.00 bits per heavy atom. The van der Waals surface area contributed by atoms with Crippen LogP contribution < -0.4 is 18.9 Å². The minimum absolute atomic E-state index is 0.147. The zero-order valence-electron chi connectivity index (χ0n) is 17.2. The molecule has 0 amide bonds. The maximum absolute atomic E-state index is 12.9. The molecule has 0 radical (unpaired) electrons. The van der Waals surface area contributed by atoms with Crippen LogP contribution in [0, 0.1) is 0 Å². The number of carbonyl (C=O) groups excluding carboxylic acids is 1. The molecule has 0 aliphatic carbocycles. The monoisotopic (exact) mass is 450 g/mol. The topological polar surface area (TPSA) is 63.2 Å². The summed E-state index contributed by atoms with van der Waals surface area (Å²) in [5, 5.41) is 0.529. The summed E-state index contributed by atoms with van der Waals surface area (Å²) in [5.74, 6) is 2.45. The van der Waals surface area contributed by atoms with Crippen molar-refractivity contribution in [3.63, 3.8) is 0 Å². The molecule has 162 valence electrons. The molecule has 0 saturated carbocycles. The lowest BCUT2D eigenvalue weighted by Crippen LogP contribution is -2.12. The highest BCUT2D eigenvalue weighted by atomic mass is 35.5. The number of Topliss-reactive ketones (excluding diaryl/α,β-unsaturated/α-hetero) is 1. The van der Waals surface area contributed by atoms with E-state index in [0.717, 1.165) is 16.9 Å². The summed E-state index contributed by atoms with van der Waals surface area (Å²) in [4.78, 5) is 12.9. The lowest BCUT2D eigenvalue weighted by Gasteiger charge is -2.20. The third-order valence-corrected chi connectivity index (χ3v) is 5.39. The molecular formula is C25H19ClO6. The summed E-state index contributed by atoms with van der Waals surface area (Å²) in [6, 6.07) is 16.3. The van der Waals surface area contributed by atoms with E-state index in [0.29, 0.717) is 46.6 Å². The molecule has 3 aromatic carbocycles. The fraction of sp³-hybridized carbons (Fsp3) is 0.160. The van der Waals surface area contributed by atoms with Crippen molar-refractivity contribution in [2.45, 2.75) is 13.2 Å². The Kier molecular flexibility index (Phi) is 5.47. The smallest absolute Gasteiger partial charge is 0.231 e. The van der Waals surface area contributed by atoms with Crippen LogP contribution in [-0.2, 0) is 18.0 Å². The molecule has 3 aromatic rings. The predicted octanol–water partition coefficient (Wildman–Crippen LogP) is 5.41. The van der Waals surface area contributed by atoms with Crippen molar-refractivity contribution in [2.75, 3.05) is 13.9 Å². The largest absolute Gasteiger partial charge is 0.497 e. The number of carbonyl (C=O) groups is 1. The fourth-order valence-corrected chi connectivity index (χ4v) is 3.89. The lowest BCUT2D eigenvalue weighted by molar-refractivity contribution is -0.0165.